The minimum atomic E-state index is -1.63. The number of hydrogen-bond donors (Lipinski definition) is 7. The van der Waals surface area contributed by atoms with Gasteiger partial charge in [0.05, 0.1) is 34.5 Å². The van der Waals surface area contributed by atoms with Crippen LogP contribution < -0.4 is 0 Å². The molecule has 0 aromatic heterocycles. The van der Waals surface area contributed by atoms with Gasteiger partial charge in [-0.15, -0.1) is 0 Å². The van der Waals surface area contributed by atoms with Crippen molar-refractivity contribution in [1.82, 2.24) is 0 Å². The molecule has 47 heavy (non-hydrogen) atoms. The Labute approximate surface area is 267 Å². The highest BCUT2D eigenvalue weighted by Gasteiger charge is 2.50. The van der Waals surface area contributed by atoms with Gasteiger partial charge in [-0.1, -0.05) is 30.3 Å². The van der Waals surface area contributed by atoms with Gasteiger partial charge in [0, 0.05) is 28.2 Å². The Morgan fingerprint density at radius 3 is 2.00 bits per heavy atom. The molecule has 240 valence electrons. The summed E-state index contributed by atoms with van der Waals surface area (Å²) >= 11 is 0. The summed E-state index contributed by atoms with van der Waals surface area (Å²) in [5, 5.41) is 76.4. The molecule has 1 heterocycles. The second-order valence-corrected chi connectivity index (χ2v) is 12.5. The number of carbonyl (C=O) groups excluding carboxylic acids is 3. The summed E-state index contributed by atoms with van der Waals surface area (Å²) in [5.74, 6) is -5.20. The lowest BCUT2D eigenvalue weighted by atomic mass is 9.70. The van der Waals surface area contributed by atoms with E-state index in [1.165, 1.54) is 49.4 Å². The Kier molecular flexibility index (Phi) is 6.81. The molecule has 11 heteroatoms. The van der Waals surface area contributed by atoms with Crippen molar-refractivity contribution in [2.24, 2.45) is 0 Å². The first-order chi connectivity index (χ1) is 22.2. The zero-order valence-corrected chi connectivity index (χ0v) is 25.3. The lowest BCUT2D eigenvalue weighted by molar-refractivity contribution is -0.220. The lowest BCUT2D eigenvalue weighted by Crippen LogP contribution is -2.58. The van der Waals surface area contributed by atoms with Crippen LogP contribution in [-0.4, -0.2) is 83.6 Å². The summed E-state index contributed by atoms with van der Waals surface area (Å²) in [7, 11) is 0. The molecule has 0 spiro atoms. The number of ketones is 3. The minimum Gasteiger partial charge on any atom is -0.507 e. The van der Waals surface area contributed by atoms with E-state index in [0.717, 1.165) is 0 Å². The summed E-state index contributed by atoms with van der Waals surface area (Å²) in [5.41, 5.74) is -0.0114. The average Bonchev–Trinajstić information content (AvgIpc) is 3.01. The van der Waals surface area contributed by atoms with Crippen LogP contribution >= 0.6 is 0 Å². The molecule has 1 saturated heterocycles. The zero-order valence-electron chi connectivity index (χ0n) is 25.3. The molecular formula is C36H30O11. The highest BCUT2D eigenvalue weighted by molar-refractivity contribution is 6.32. The van der Waals surface area contributed by atoms with Crippen LogP contribution in [0.15, 0.2) is 48.5 Å². The molecule has 1 unspecified atom stereocenters. The standard InChI is InChI=1S/C36H30O11/c1-12-9-18-23(36-35(46)34(45)29(40)14(3)47-36)15-7-8-17(30(41)26(15)32(43)25(18)20(38)10-12)22-13(2)11-21(39)27-28(22)31(42)16-5-4-6-19(37)24(16)33(27)44/h4-11,14,23,29,34-41,45-46H,1-3H3/t14-,23?,29-,34+,35-,36+/m1/s1. The minimum absolute atomic E-state index is 0.0293. The predicted molar refractivity (Wildman–Crippen MR) is 165 cm³/mol. The van der Waals surface area contributed by atoms with Gasteiger partial charge in [-0.2, -0.15) is 0 Å². The highest BCUT2D eigenvalue weighted by atomic mass is 16.5. The van der Waals surface area contributed by atoms with Crippen molar-refractivity contribution in [3.63, 3.8) is 0 Å². The normalized spacial score (nSPS) is 24.8. The van der Waals surface area contributed by atoms with Crippen LogP contribution in [0.25, 0.3) is 11.1 Å². The fourth-order valence-corrected chi connectivity index (χ4v) is 7.43. The monoisotopic (exact) mass is 638 g/mol. The van der Waals surface area contributed by atoms with Crippen LogP contribution in [0.5, 0.6) is 23.0 Å². The van der Waals surface area contributed by atoms with Crippen LogP contribution in [0.1, 0.15) is 82.9 Å². The number of phenols is 4. The van der Waals surface area contributed by atoms with E-state index < -0.39 is 71.0 Å². The number of hydrogen-bond acceptors (Lipinski definition) is 11. The average molecular weight is 639 g/mol. The number of aryl methyl sites for hydroxylation is 2. The molecule has 2 aliphatic carbocycles. The van der Waals surface area contributed by atoms with Gasteiger partial charge in [0.15, 0.2) is 5.78 Å². The Morgan fingerprint density at radius 2 is 1.28 bits per heavy atom. The molecule has 0 bridgehead atoms. The van der Waals surface area contributed by atoms with E-state index in [9.17, 15) is 50.1 Å². The maximum absolute atomic E-state index is 14.2. The number of aliphatic hydroxyl groups is 3. The largest absolute Gasteiger partial charge is 0.507 e. The van der Waals surface area contributed by atoms with E-state index in [1.807, 2.05) is 0 Å². The third-order valence-corrected chi connectivity index (χ3v) is 9.59. The van der Waals surface area contributed by atoms with Gasteiger partial charge < -0.3 is 40.5 Å². The number of carbonyl (C=O) groups is 3. The smallest absolute Gasteiger partial charge is 0.201 e. The summed E-state index contributed by atoms with van der Waals surface area (Å²) in [4.78, 5) is 41.7. The Balaban J connectivity index is 1.49. The Bertz CT molecular complexity index is 2080. The van der Waals surface area contributed by atoms with Crippen molar-refractivity contribution in [1.29, 1.82) is 0 Å². The Hall–Kier alpha value is -5.07. The maximum atomic E-state index is 14.2. The molecule has 11 nitrogen and oxygen atoms in total. The van der Waals surface area contributed by atoms with E-state index in [-0.39, 0.29) is 66.9 Å². The van der Waals surface area contributed by atoms with Crippen molar-refractivity contribution >= 4 is 17.3 Å². The molecule has 1 fully saturated rings. The van der Waals surface area contributed by atoms with Gasteiger partial charge in [0.1, 0.15) is 41.3 Å². The van der Waals surface area contributed by atoms with Gasteiger partial charge in [-0.3, -0.25) is 14.4 Å². The SMILES string of the molecule is Cc1cc(O)c2c(c1)C([C@@H]1O[C@H](C)[C@@H](O)[C@H](O)[C@H]1O)c1ccc(-c3c(C)cc(O)c4c3C(=O)c3cccc(O)c3C4=O)c(O)c1C2=O. The van der Waals surface area contributed by atoms with Crippen molar-refractivity contribution < 1.29 is 54.9 Å². The van der Waals surface area contributed by atoms with Gasteiger partial charge in [-0.05, 0) is 61.2 Å². The molecule has 6 atom stereocenters. The maximum Gasteiger partial charge on any atom is 0.201 e. The fourth-order valence-electron chi connectivity index (χ4n) is 7.43. The quantitative estimate of drug-likeness (QED) is 0.150. The second kappa shape index (κ2) is 10.5. The molecule has 0 radical (unpaired) electrons. The molecule has 4 aromatic rings. The van der Waals surface area contributed by atoms with Crippen molar-refractivity contribution in [2.75, 3.05) is 0 Å². The number of ether oxygens (including phenoxy) is 1. The van der Waals surface area contributed by atoms with Gasteiger partial charge >= 0.3 is 0 Å². The number of fused-ring (bicyclic) bond motifs is 4. The van der Waals surface area contributed by atoms with Gasteiger partial charge in [0.25, 0.3) is 0 Å². The van der Waals surface area contributed by atoms with Gasteiger partial charge in [0.2, 0.25) is 11.6 Å². The van der Waals surface area contributed by atoms with Crippen LogP contribution in [0, 0.1) is 13.8 Å². The summed E-state index contributed by atoms with van der Waals surface area (Å²) < 4.78 is 6.01. The van der Waals surface area contributed by atoms with Crippen molar-refractivity contribution in [2.45, 2.75) is 57.2 Å². The van der Waals surface area contributed by atoms with Gasteiger partial charge in [-0.25, -0.2) is 0 Å². The van der Waals surface area contributed by atoms with Crippen LogP contribution in [0.4, 0.5) is 0 Å². The summed E-state index contributed by atoms with van der Waals surface area (Å²) in [6, 6.07) is 11.2. The van der Waals surface area contributed by atoms with Crippen LogP contribution in [-0.2, 0) is 4.74 Å². The third-order valence-electron chi connectivity index (χ3n) is 9.59. The number of aromatic hydroxyl groups is 4. The second-order valence-electron chi connectivity index (χ2n) is 12.5. The molecule has 7 N–H and O–H groups in total. The predicted octanol–water partition coefficient (Wildman–Crippen LogP) is 3.11. The van der Waals surface area contributed by atoms with Crippen LogP contribution in [0.2, 0.25) is 0 Å². The third kappa shape index (κ3) is 4.17. The molecule has 7 rings (SSSR count). The van der Waals surface area contributed by atoms with Crippen molar-refractivity contribution in [3.8, 4) is 34.1 Å². The highest BCUT2D eigenvalue weighted by Crippen LogP contribution is 2.51. The lowest BCUT2D eigenvalue weighted by Gasteiger charge is -2.44. The number of rotatable bonds is 2. The van der Waals surface area contributed by atoms with E-state index in [2.05, 4.69) is 0 Å². The van der Waals surface area contributed by atoms with E-state index in [4.69, 9.17) is 4.74 Å². The van der Waals surface area contributed by atoms with Crippen molar-refractivity contribution in [3.05, 3.63) is 104 Å². The van der Waals surface area contributed by atoms with E-state index in [0.29, 0.717) is 5.56 Å². The first-order valence-electron chi connectivity index (χ1n) is 15.0. The fraction of sp³-hybridized carbons (Fsp3) is 0.250. The molecule has 0 amide bonds. The molecule has 0 saturated carbocycles. The first kappa shape index (κ1) is 30.6. The topological polar surface area (TPSA) is 202 Å². The first-order valence-corrected chi connectivity index (χ1v) is 15.0. The van der Waals surface area contributed by atoms with E-state index >= 15 is 0 Å². The zero-order chi connectivity index (χ0) is 33.8. The molecule has 1 aliphatic heterocycles. The summed E-state index contributed by atoms with van der Waals surface area (Å²) in [6.45, 7) is 4.77. The number of aliphatic hydroxyl groups excluding tert-OH is 3. The summed E-state index contributed by atoms with van der Waals surface area (Å²) in [6.07, 6.45) is -6.78. The van der Waals surface area contributed by atoms with Crippen LogP contribution in [0.3, 0.4) is 0 Å². The Morgan fingerprint density at radius 1 is 0.596 bits per heavy atom. The molecule has 3 aliphatic rings. The molecular weight excluding hydrogens is 608 g/mol. The van der Waals surface area contributed by atoms with E-state index in [1.54, 1.807) is 19.9 Å². The molecule has 4 aromatic carbocycles. The number of phenolic OH excluding ortho intramolecular Hbond substituents is 4. The number of benzene rings is 4.